The van der Waals surface area contributed by atoms with Gasteiger partial charge in [-0.25, -0.2) is 21.9 Å². The van der Waals surface area contributed by atoms with Crippen LogP contribution in [0.15, 0.2) is 47.4 Å². The van der Waals surface area contributed by atoms with Gasteiger partial charge in [0.2, 0.25) is 10.0 Å². The molecule has 4 nitrogen and oxygen atoms in total. The summed E-state index contributed by atoms with van der Waals surface area (Å²) in [5.41, 5.74) is 0.374. The number of benzene rings is 2. The molecule has 2 N–H and O–H groups in total. The fourth-order valence-electron chi connectivity index (χ4n) is 1.56. The molecule has 0 radical (unpaired) electrons. The smallest absolute Gasteiger partial charge is 0.240 e. The largest absolute Gasteiger partial charge is 0.508 e. The number of nitrogens with one attached hydrogen (secondary N) is 1. The van der Waals surface area contributed by atoms with Crippen molar-refractivity contribution in [3.63, 3.8) is 0 Å². The summed E-state index contributed by atoms with van der Waals surface area (Å²) in [6.07, 6.45) is 0. The summed E-state index contributed by atoms with van der Waals surface area (Å²) in [6.45, 7) is -0.159. The third kappa shape index (κ3) is 3.12. The molecule has 0 fully saturated rings. The molecular weight excluding hydrogens is 288 g/mol. The van der Waals surface area contributed by atoms with Gasteiger partial charge < -0.3 is 5.11 Å². The van der Waals surface area contributed by atoms with Gasteiger partial charge in [-0.2, -0.15) is 0 Å². The molecule has 0 aromatic heterocycles. The maximum absolute atomic E-state index is 13.0. The average molecular weight is 299 g/mol. The van der Waals surface area contributed by atoms with Gasteiger partial charge >= 0.3 is 0 Å². The van der Waals surface area contributed by atoms with E-state index in [4.69, 9.17) is 0 Å². The monoisotopic (exact) mass is 299 g/mol. The number of para-hydroxylation sites is 1. The molecule has 0 amide bonds. The van der Waals surface area contributed by atoms with E-state index in [1.807, 2.05) is 0 Å². The minimum Gasteiger partial charge on any atom is -0.508 e. The lowest BCUT2D eigenvalue weighted by molar-refractivity contribution is 0.467. The highest BCUT2D eigenvalue weighted by Gasteiger charge is 2.16. The average Bonchev–Trinajstić information content (AvgIpc) is 2.41. The van der Waals surface area contributed by atoms with E-state index < -0.39 is 21.7 Å². The first-order chi connectivity index (χ1) is 9.40. The van der Waals surface area contributed by atoms with E-state index in [1.54, 1.807) is 18.2 Å². The zero-order chi connectivity index (χ0) is 14.8. The summed E-state index contributed by atoms with van der Waals surface area (Å²) in [7, 11) is -3.98. The quantitative estimate of drug-likeness (QED) is 0.909. The zero-order valence-corrected chi connectivity index (χ0v) is 11.0. The number of hydrogen-bond acceptors (Lipinski definition) is 3. The van der Waals surface area contributed by atoms with Gasteiger partial charge in [0.05, 0.1) is 4.90 Å². The molecular formula is C13H11F2NO3S. The minimum absolute atomic E-state index is 0.0551. The lowest BCUT2D eigenvalue weighted by atomic mass is 10.2. The maximum Gasteiger partial charge on any atom is 0.240 e. The molecule has 0 aliphatic rings. The molecule has 7 heteroatoms. The Morgan fingerprint density at radius 2 is 1.75 bits per heavy atom. The number of halogens is 2. The van der Waals surface area contributed by atoms with Gasteiger partial charge in [-0.1, -0.05) is 18.2 Å². The lowest BCUT2D eigenvalue weighted by Crippen LogP contribution is -2.23. The van der Waals surface area contributed by atoms with Gasteiger partial charge in [0.25, 0.3) is 0 Å². The van der Waals surface area contributed by atoms with Crippen LogP contribution in [0.1, 0.15) is 5.56 Å². The predicted molar refractivity (Wildman–Crippen MR) is 68.5 cm³/mol. The molecule has 0 atom stereocenters. The van der Waals surface area contributed by atoms with Gasteiger partial charge in [0.15, 0.2) is 11.6 Å². The van der Waals surface area contributed by atoms with Crippen LogP contribution >= 0.6 is 0 Å². The van der Waals surface area contributed by atoms with Crippen molar-refractivity contribution >= 4 is 10.0 Å². The molecule has 0 spiro atoms. The minimum atomic E-state index is -3.98. The number of aromatic hydroxyl groups is 1. The van der Waals surface area contributed by atoms with Crippen LogP contribution in [0.25, 0.3) is 0 Å². The summed E-state index contributed by atoms with van der Waals surface area (Å²) in [5, 5.41) is 9.51. The third-order valence-electron chi connectivity index (χ3n) is 2.65. The zero-order valence-electron chi connectivity index (χ0n) is 10.2. The van der Waals surface area contributed by atoms with E-state index in [-0.39, 0.29) is 17.2 Å². The molecule has 0 unspecified atom stereocenters. The molecule has 0 saturated heterocycles. The second-order valence-corrected chi connectivity index (χ2v) is 5.80. The van der Waals surface area contributed by atoms with Gasteiger partial charge in [-0.05, 0) is 24.3 Å². The van der Waals surface area contributed by atoms with E-state index in [9.17, 15) is 22.3 Å². The van der Waals surface area contributed by atoms with E-state index in [1.165, 1.54) is 6.07 Å². The van der Waals surface area contributed by atoms with Crippen LogP contribution in [0.3, 0.4) is 0 Å². The summed E-state index contributed by atoms with van der Waals surface area (Å²) in [4.78, 5) is -0.383. The molecule has 0 aliphatic carbocycles. The van der Waals surface area contributed by atoms with Crippen LogP contribution in [-0.4, -0.2) is 13.5 Å². The topological polar surface area (TPSA) is 66.4 Å². The molecule has 2 rings (SSSR count). The third-order valence-corrected chi connectivity index (χ3v) is 4.04. The van der Waals surface area contributed by atoms with E-state index in [0.29, 0.717) is 11.6 Å². The van der Waals surface area contributed by atoms with Crippen molar-refractivity contribution in [3.8, 4) is 5.75 Å². The summed E-state index contributed by atoms with van der Waals surface area (Å²) >= 11 is 0. The Morgan fingerprint density at radius 1 is 1.05 bits per heavy atom. The SMILES string of the molecule is O=S(=O)(NCc1ccccc1O)c1ccc(F)c(F)c1. The van der Waals surface area contributed by atoms with Gasteiger partial charge in [-0.15, -0.1) is 0 Å². The summed E-state index contributed by atoms with van der Waals surface area (Å²) < 4.78 is 51.8. The van der Waals surface area contributed by atoms with E-state index >= 15 is 0 Å². The molecule has 106 valence electrons. The Hall–Kier alpha value is -1.99. The van der Waals surface area contributed by atoms with Crippen molar-refractivity contribution in [2.24, 2.45) is 0 Å². The summed E-state index contributed by atoms with van der Waals surface area (Å²) in [5.74, 6) is -2.42. The van der Waals surface area contributed by atoms with Crippen molar-refractivity contribution in [1.82, 2.24) is 4.72 Å². The van der Waals surface area contributed by atoms with E-state index in [2.05, 4.69) is 4.72 Å². The molecule has 20 heavy (non-hydrogen) atoms. The Kier molecular flexibility index (Phi) is 4.01. The standard InChI is InChI=1S/C13H11F2NO3S/c14-11-6-5-10(7-12(11)15)20(18,19)16-8-9-3-1-2-4-13(9)17/h1-7,16-17H,8H2. The number of phenols is 1. The van der Waals surface area contributed by atoms with Crippen LogP contribution in [0.5, 0.6) is 5.75 Å². The Morgan fingerprint density at radius 3 is 2.40 bits per heavy atom. The molecule has 0 saturated carbocycles. The molecule has 0 aliphatic heterocycles. The van der Waals surface area contributed by atoms with Crippen LogP contribution in [-0.2, 0) is 16.6 Å². The first kappa shape index (κ1) is 14.4. The Labute approximate surface area is 114 Å². The Balaban J connectivity index is 2.19. The highest BCUT2D eigenvalue weighted by molar-refractivity contribution is 7.89. The van der Waals surface area contributed by atoms with Gasteiger partial charge in [0.1, 0.15) is 5.75 Å². The van der Waals surface area contributed by atoms with Crippen molar-refractivity contribution in [2.45, 2.75) is 11.4 Å². The van der Waals surface area contributed by atoms with Crippen molar-refractivity contribution in [2.75, 3.05) is 0 Å². The van der Waals surface area contributed by atoms with Crippen molar-refractivity contribution in [3.05, 3.63) is 59.7 Å². The second-order valence-electron chi connectivity index (χ2n) is 4.03. The Bertz CT molecular complexity index is 732. The fraction of sp³-hybridized carbons (Fsp3) is 0.0769. The normalized spacial score (nSPS) is 11.5. The van der Waals surface area contributed by atoms with Crippen molar-refractivity contribution < 1.29 is 22.3 Å². The summed E-state index contributed by atoms with van der Waals surface area (Å²) in [6, 6.07) is 8.51. The second kappa shape index (κ2) is 5.56. The highest BCUT2D eigenvalue weighted by atomic mass is 32.2. The molecule has 0 heterocycles. The molecule has 2 aromatic rings. The van der Waals surface area contributed by atoms with Gasteiger partial charge in [-0.3, -0.25) is 0 Å². The maximum atomic E-state index is 13.0. The number of sulfonamides is 1. The number of hydrogen-bond donors (Lipinski definition) is 2. The van der Waals surface area contributed by atoms with E-state index in [0.717, 1.165) is 12.1 Å². The first-order valence-corrected chi connectivity index (χ1v) is 7.10. The number of phenolic OH excluding ortho intramolecular Hbond substituents is 1. The lowest BCUT2D eigenvalue weighted by Gasteiger charge is -2.08. The van der Waals surface area contributed by atoms with Crippen LogP contribution < -0.4 is 4.72 Å². The molecule has 2 aromatic carbocycles. The van der Waals surface area contributed by atoms with Crippen molar-refractivity contribution in [1.29, 1.82) is 0 Å². The first-order valence-electron chi connectivity index (χ1n) is 5.62. The predicted octanol–water partition coefficient (Wildman–Crippen LogP) is 2.15. The van der Waals surface area contributed by atoms with Crippen LogP contribution in [0.4, 0.5) is 8.78 Å². The number of rotatable bonds is 4. The highest BCUT2D eigenvalue weighted by Crippen LogP contribution is 2.17. The van der Waals surface area contributed by atoms with Gasteiger partial charge in [0, 0.05) is 12.1 Å². The van der Waals surface area contributed by atoms with Crippen LogP contribution in [0, 0.1) is 11.6 Å². The molecule has 0 bridgehead atoms. The van der Waals surface area contributed by atoms with Crippen LogP contribution in [0.2, 0.25) is 0 Å². The fourth-order valence-corrected chi connectivity index (χ4v) is 2.58.